The molecule has 1 aliphatic rings. The van der Waals surface area contributed by atoms with Crippen LogP contribution in [0, 0.1) is 0 Å². The van der Waals surface area contributed by atoms with E-state index in [0.29, 0.717) is 5.82 Å². The molecule has 0 unspecified atom stereocenters. The summed E-state index contributed by atoms with van der Waals surface area (Å²) >= 11 is 1.94. The minimum absolute atomic E-state index is 0.176. The van der Waals surface area contributed by atoms with E-state index in [4.69, 9.17) is 0 Å². The van der Waals surface area contributed by atoms with Crippen LogP contribution in [-0.4, -0.2) is 33.4 Å². The number of rotatable bonds is 3. The molecule has 0 spiro atoms. The molecule has 1 aromatic heterocycles. The molecule has 1 aromatic carbocycles. The smallest absolute Gasteiger partial charge is 0.320 e. The summed E-state index contributed by atoms with van der Waals surface area (Å²) < 4.78 is 1.74. The molecule has 3 rings (SSSR count). The number of hydrogen-bond donors (Lipinski definition) is 2. The predicted octanol–water partition coefficient (Wildman–Crippen LogP) is 2.89. The monoisotopic (exact) mass is 302 g/mol. The lowest BCUT2D eigenvalue weighted by atomic mass is 10.2. The summed E-state index contributed by atoms with van der Waals surface area (Å²) in [6.45, 7) is 0. The van der Waals surface area contributed by atoms with Gasteiger partial charge in [0.15, 0.2) is 5.82 Å². The van der Waals surface area contributed by atoms with E-state index < -0.39 is 0 Å². The average Bonchev–Trinajstić information content (AvgIpc) is 2.97. The first-order valence-corrected chi connectivity index (χ1v) is 8.23. The second-order valence-corrected chi connectivity index (χ2v) is 6.19. The number of nitrogens with one attached hydrogen (secondary N) is 2. The third-order valence-electron chi connectivity index (χ3n) is 3.41. The van der Waals surface area contributed by atoms with Gasteiger partial charge in [0.05, 0.1) is 5.69 Å². The molecule has 0 radical (unpaired) electrons. The number of benzene rings is 1. The molecular formula is C15H18N4OS. The van der Waals surface area contributed by atoms with Crippen LogP contribution in [0.4, 0.5) is 10.6 Å². The van der Waals surface area contributed by atoms with Crippen molar-refractivity contribution in [1.82, 2.24) is 15.1 Å². The van der Waals surface area contributed by atoms with Crippen molar-refractivity contribution in [2.75, 3.05) is 16.8 Å². The van der Waals surface area contributed by atoms with Crippen molar-refractivity contribution in [3.05, 3.63) is 42.6 Å². The Labute approximate surface area is 128 Å². The molecule has 1 fully saturated rings. The molecule has 1 saturated heterocycles. The second kappa shape index (κ2) is 6.67. The van der Waals surface area contributed by atoms with Crippen LogP contribution in [0.25, 0.3) is 5.69 Å². The summed E-state index contributed by atoms with van der Waals surface area (Å²) in [5.74, 6) is 2.79. The van der Waals surface area contributed by atoms with E-state index in [-0.39, 0.29) is 12.1 Å². The maximum atomic E-state index is 11.9. The molecule has 6 heteroatoms. The Balaban J connectivity index is 1.58. The highest BCUT2D eigenvalue weighted by atomic mass is 32.2. The highest BCUT2D eigenvalue weighted by Gasteiger charge is 2.16. The number of para-hydroxylation sites is 1. The number of nitrogens with zero attached hydrogens (tertiary/aromatic N) is 2. The normalized spacial score (nSPS) is 15.6. The van der Waals surface area contributed by atoms with Gasteiger partial charge in [0.1, 0.15) is 0 Å². The molecule has 1 aliphatic heterocycles. The number of anilines is 1. The van der Waals surface area contributed by atoms with Gasteiger partial charge in [-0.05, 0) is 36.5 Å². The van der Waals surface area contributed by atoms with Crippen molar-refractivity contribution in [2.24, 2.45) is 0 Å². The molecule has 2 heterocycles. The summed E-state index contributed by atoms with van der Waals surface area (Å²) in [5.41, 5.74) is 0.968. The summed E-state index contributed by atoms with van der Waals surface area (Å²) in [6.07, 6.45) is 3.91. The maximum absolute atomic E-state index is 11.9. The van der Waals surface area contributed by atoms with Crippen LogP contribution in [0.5, 0.6) is 0 Å². The quantitative estimate of drug-likeness (QED) is 0.916. The van der Waals surface area contributed by atoms with Crippen LogP contribution in [0.2, 0.25) is 0 Å². The third-order valence-corrected chi connectivity index (χ3v) is 4.46. The van der Waals surface area contributed by atoms with Crippen molar-refractivity contribution >= 4 is 23.6 Å². The summed E-state index contributed by atoms with van der Waals surface area (Å²) in [4.78, 5) is 11.9. The zero-order chi connectivity index (χ0) is 14.5. The van der Waals surface area contributed by atoms with Gasteiger partial charge in [-0.25, -0.2) is 9.48 Å². The van der Waals surface area contributed by atoms with Crippen LogP contribution in [-0.2, 0) is 0 Å². The molecular weight excluding hydrogens is 284 g/mol. The molecule has 0 saturated carbocycles. The van der Waals surface area contributed by atoms with Crippen LogP contribution in [0.3, 0.4) is 0 Å². The molecule has 2 amide bonds. The Morgan fingerprint density at radius 2 is 1.95 bits per heavy atom. The highest BCUT2D eigenvalue weighted by Crippen LogP contribution is 2.17. The van der Waals surface area contributed by atoms with Gasteiger partial charge in [-0.2, -0.15) is 11.8 Å². The number of carbonyl (C=O) groups excluding carboxylic acids is 1. The van der Waals surface area contributed by atoms with Gasteiger partial charge in [-0.1, -0.05) is 18.2 Å². The topological polar surface area (TPSA) is 59.0 Å². The molecule has 110 valence electrons. The summed E-state index contributed by atoms with van der Waals surface area (Å²) in [5, 5.41) is 10.1. The van der Waals surface area contributed by atoms with Crippen molar-refractivity contribution in [2.45, 2.75) is 18.9 Å². The van der Waals surface area contributed by atoms with Gasteiger partial charge < -0.3 is 5.32 Å². The first-order valence-electron chi connectivity index (χ1n) is 7.07. The van der Waals surface area contributed by atoms with E-state index in [0.717, 1.165) is 30.0 Å². The molecule has 5 nitrogen and oxygen atoms in total. The van der Waals surface area contributed by atoms with Crippen molar-refractivity contribution < 1.29 is 4.79 Å². The van der Waals surface area contributed by atoms with Crippen molar-refractivity contribution in [3.63, 3.8) is 0 Å². The number of amides is 2. The Morgan fingerprint density at radius 1 is 1.19 bits per heavy atom. The van der Waals surface area contributed by atoms with Crippen LogP contribution in [0.1, 0.15) is 12.8 Å². The number of aromatic nitrogens is 2. The van der Waals surface area contributed by atoms with E-state index in [2.05, 4.69) is 15.7 Å². The third kappa shape index (κ3) is 3.78. The SMILES string of the molecule is O=C(Nc1ccn(-c2ccccc2)n1)NC1CCSCC1. The number of carbonyl (C=O) groups is 1. The average molecular weight is 302 g/mol. The molecule has 21 heavy (non-hydrogen) atoms. The van der Waals surface area contributed by atoms with Crippen LogP contribution in [0.15, 0.2) is 42.6 Å². The zero-order valence-corrected chi connectivity index (χ0v) is 12.5. The minimum Gasteiger partial charge on any atom is -0.335 e. The Kier molecular flexibility index (Phi) is 4.45. The molecule has 0 bridgehead atoms. The van der Waals surface area contributed by atoms with E-state index in [1.54, 1.807) is 10.7 Å². The van der Waals surface area contributed by atoms with E-state index in [1.165, 1.54) is 0 Å². The molecule has 2 aromatic rings. The van der Waals surface area contributed by atoms with Gasteiger partial charge in [-0.15, -0.1) is 5.10 Å². The fraction of sp³-hybridized carbons (Fsp3) is 0.333. The van der Waals surface area contributed by atoms with Gasteiger partial charge in [-0.3, -0.25) is 5.32 Å². The lowest BCUT2D eigenvalue weighted by Crippen LogP contribution is -2.40. The van der Waals surface area contributed by atoms with Gasteiger partial charge >= 0.3 is 6.03 Å². The Morgan fingerprint density at radius 3 is 2.71 bits per heavy atom. The highest BCUT2D eigenvalue weighted by molar-refractivity contribution is 7.99. The lowest BCUT2D eigenvalue weighted by Gasteiger charge is -2.22. The minimum atomic E-state index is -0.176. The van der Waals surface area contributed by atoms with Gasteiger partial charge in [0.2, 0.25) is 0 Å². The fourth-order valence-corrected chi connectivity index (χ4v) is 3.40. The van der Waals surface area contributed by atoms with Crippen LogP contribution < -0.4 is 10.6 Å². The van der Waals surface area contributed by atoms with Crippen molar-refractivity contribution in [3.8, 4) is 5.69 Å². The van der Waals surface area contributed by atoms with E-state index in [1.807, 2.05) is 48.3 Å². The summed E-state index contributed by atoms with van der Waals surface area (Å²) in [6, 6.07) is 11.7. The first-order chi connectivity index (χ1) is 10.3. The standard InChI is InChI=1S/C15H18N4OS/c20-15(16-12-7-10-21-11-8-12)17-14-6-9-19(18-14)13-4-2-1-3-5-13/h1-6,9,12H,7-8,10-11H2,(H2,16,17,18,20). The zero-order valence-electron chi connectivity index (χ0n) is 11.7. The predicted molar refractivity (Wildman–Crippen MR) is 86.1 cm³/mol. The summed E-state index contributed by atoms with van der Waals surface area (Å²) in [7, 11) is 0. The Bertz CT molecular complexity index is 593. The number of thioether (sulfide) groups is 1. The second-order valence-electron chi connectivity index (χ2n) is 4.97. The lowest BCUT2D eigenvalue weighted by molar-refractivity contribution is 0.247. The molecule has 0 atom stereocenters. The maximum Gasteiger partial charge on any atom is 0.320 e. The number of hydrogen-bond acceptors (Lipinski definition) is 3. The number of urea groups is 1. The molecule has 2 N–H and O–H groups in total. The van der Waals surface area contributed by atoms with Gasteiger partial charge in [0, 0.05) is 18.3 Å². The van der Waals surface area contributed by atoms with Crippen molar-refractivity contribution in [1.29, 1.82) is 0 Å². The van der Waals surface area contributed by atoms with Gasteiger partial charge in [0.25, 0.3) is 0 Å². The van der Waals surface area contributed by atoms with E-state index >= 15 is 0 Å². The molecule has 0 aliphatic carbocycles. The largest absolute Gasteiger partial charge is 0.335 e. The Hall–Kier alpha value is -1.95. The first kappa shape index (κ1) is 14.0. The fourth-order valence-electron chi connectivity index (χ4n) is 2.29. The van der Waals surface area contributed by atoms with Crippen LogP contribution >= 0.6 is 11.8 Å². The van der Waals surface area contributed by atoms with E-state index in [9.17, 15) is 4.79 Å².